The SMILES string of the molecule is Cc1ccc(C(=O)OC(C#N)c2ccc(C)cc2)cc1. The van der Waals surface area contributed by atoms with Crippen molar-refractivity contribution >= 4 is 5.97 Å². The second-order valence-corrected chi connectivity index (χ2v) is 4.69. The van der Waals surface area contributed by atoms with Crippen molar-refractivity contribution in [2.45, 2.75) is 20.0 Å². The van der Waals surface area contributed by atoms with Gasteiger partial charge in [0.05, 0.1) is 5.56 Å². The number of nitrogens with zero attached hydrogens (tertiary/aromatic N) is 1. The lowest BCUT2D eigenvalue weighted by Gasteiger charge is -2.11. The average Bonchev–Trinajstić information content (AvgIpc) is 2.46. The lowest BCUT2D eigenvalue weighted by molar-refractivity contribution is 0.0404. The molecule has 2 aromatic carbocycles. The molecule has 3 nitrogen and oxygen atoms in total. The van der Waals surface area contributed by atoms with Crippen LogP contribution in [0.5, 0.6) is 0 Å². The fourth-order valence-electron chi connectivity index (χ4n) is 1.77. The van der Waals surface area contributed by atoms with Gasteiger partial charge >= 0.3 is 5.97 Å². The van der Waals surface area contributed by atoms with Gasteiger partial charge in [-0.2, -0.15) is 5.26 Å². The Kier molecular flexibility index (Phi) is 4.17. The van der Waals surface area contributed by atoms with Gasteiger partial charge < -0.3 is 4.74 Å². The molecular weight excluding hydrogens is 250 g/mol. The van der Waals surface area contributed by atoms with Crippen LogP contribution in [0.4, 0.5) is 0 Å². The van der Waals surface area contributed by atoms with Crippen LogP contribution >= 0.6 is 0 Å². The molecule has 2 rings (SSSR count). The normalized spacial score (nSPS) is 11.4. The van der Waals surface area contributed by atoms with E-state index in [1.54, 1.807) is 24.3 Å². The Morgan fingerprint density at radius 2 is 1.50 bits per heavy atom. The first-order valence-corrected chi connectivity index (χ1v) is 6.34. The van der Waals surface area contributed by atoms with E-state index in [9.17, 15) is 4.79 Å². The number of hydrogen-bond acceptors (Lipinski definition) is 3. The van der Waals surface area contributed by atoms with E-state index in [2.05, 4.69) is 0 Å². The molecule has 0 aliphatic rings. The molecule has 0 fully saturated rings. The van der Waals surface area contributed by atoms with Gasteiger partial charge in [0, 0.05) is 5.56 Å². The minimum atomic E-state index is -0.885. The molecule has 0 aliphatic carbocycles. The highest BCUT2D eigenvalue weighted by Gasteiger charge is 2.17. The predicted molar refractivity (Wildman–Crippen MR) is 76.1 cm³/mol. The topological polar surface area (TPSA) is 50.1 Å². The molecular formula is C17H15NO2. The largest absolute Gasteiger partial charge is 0.438 e. The number of hydrogen-bond donors (Lipinski definition) is 0. The molecule has 0 N–H and O–H groups in total. The van der Waals surface area contributed by atoms with E-state index in [4.69, 9.17) is 10.00 Å². The van der Waals surface area contributed by atoms with E-state index < -0.39 is 12.1 Å². The monoisotopic (exact) mass is 265 g/mol. The number of carbonyl (C=O) groups excluding carboxylic acids is 1. The third kappa shape index (κ3) is 3.24. The Hall–Kier alpha value is -2.60. The minimum absolute atomic E-state index is 0.447. The highest BCUT2D eigenvalue weighted by Crippen LogP contribution is 2.19. The molecule has 0 aliphatic heterocycles. The number of rotatable bonds is 3. The second-order valence-electron chi connectivity index (χ2n) is 4.69. The Balaban J connectivity index is 2.14. The van der Waals surface area contributed by atoms with Crippen molar-refractivity contribution in [2.24, 2.45) is 0 Å². The van der Waals surface area contributed by atoms with Crippen molar-refractivity contribution in [3.8, 4) is 6.07 Å². The summed E-state index contributed by atoms with van der Waals surface area (Å²) < 4.78 is 5.25. The molecule has 0 radical (unpaired) electrons. The van der Waals surface area contributed by atoms with Gasteiger partial charge in [0.15, 0.2) is 0 Å². The number of carbonyl (C=O) groups is 1. The Morgan fingerprint density at radius 1 is 1.00 bits per heavy atom. The molecule has 2 aromatic rings. The average molecular weight is 265 g/mol. The highest BCUT2D eigenvalue weighted by molar-refractivity contribution is 5.89. The lowest BCUT2D eigenvalue weighted by Crippen LogP contribution is -2.10. The zero-order chi connectivity index (χ0) is 14.5. The molecule has 0 saturated heterocycles. The molecule has 0 saturated carbocycles. The van der Waals surface area contributed by atoms with Gasteiger partial charge in [-0.25, -0.2) is 4.79 Å². The summed E-state index contributed by atoms with van der Waals surface area (Å²) in [6.45, 7) is 3.91. The van der Waals surface area contributed by atoms with Gasteiger partial charge in [-0.3, -0.25) is 0 Å². The zero-order valence-corrected chi connectivity index (χ0v) is 11.5. The fraction of sp³-hybridized carbons (Fsp3) is 0.176. The first kappa shape index (κ1) is 13.8. The van der Waals surface area contributed by atoms with E-state index in [0.717, 1.165) is 11.1 Å². The van der Waals surface area contributed by atoms with Crippen molar-refractivity contribution < 1.29 is 9.53 Å². The maximum Gasteiger partial charge on any atom is 0.339 e. The molecule has 0 heterocycles. The molecule has 1 unspecified atom stereocenters. The molecule has 0 bridgehead atoms. The van der Waals surface area contributed by atoms with Crippen LogP contribution in [0.25, 0.3) is 0 Å². The number of esters is 1. The van der Waals surface area contributed by atoms with Gasteiger partial charge in [-0.1, -0.05) is 47.5 Å². The summed E-state index contributed by atoms with van der Waals surface area (Å²) in [5.41, 5.74) is 3.29. The van der Waals surface area contributed by atoms with Crippen LogP contribution in [0.1, 0.15) is 33.2 Å². The van der Waals surface area contributed by atoms with Crippen LogP contribution < -0.4 is 0 Å². The van der Waals surface area contributed by atoms with Crippen LogP contribution in [0, 0.1) is 25.2 Å². The van der Waals surface area contributed by atoms with Crippen LogP contribution in [0.3, 0.4) is 0 Å². The van der Waals surface area contributed by atoms with E-state index >= 15 is 0 Å². The number of aryl methyl sites for hydroxylation is 2. The highest BCUT2D eigenvalue weighted by atomic mass is 16.5. The van der Waals surface area contributed by atoms with Gasteiger partial charge in [-0.15, -0.1) is 0 Å². The van der Waals surface area contributed by atoms with Crippen LogP contribution in [-0.2, 0) is 4.74 Å². The summed E-state index contributed by atoms with van der Waals surface area (Å²) in [7, 11) is 0. The van der Waals surface area contributed by atoms with E-state index in [1.807, 2.05) is 44.2 Å². The zero-order valence-electron chi connectivity index (χ0n) is 11.5. The molecule has 100 valence electrons. The third-order valence-corrected chi connectivity index (χ3v) is 3.01. The maximum atomic E-state index is 12.0. The van der Waals surface area contributed by atoms with Crippen molar-refractivity contribution in [3.63, 3.8) is 0 Å². The van der Waals surface area contributed by atoms with Crippen molar-refractivity contribution in [2.75, 3.05) is 0 Å². The maximum absolute atomic E-state index is 12.0. The molecule has 20 heavy (non-hydrogen) atoms. The Labute approximate surface area is 118 Å². The summed E-state index contributed by atoms with van der Waals surface area (Å²) >= 11 is 0. The lowest BCUT2D eigenvalue weighted by atomic mass is 10.1. The van der Waals surface area contributed by atoms with Gasteiger partial charge in [0.25, 0.3) is 0 Å². The molecule has 0 amide bonds. The van der Waals surface area contributed by atoms with Crippen molar-refractivity contribution in [3.05, 3.63) is 70.8 Å². The standard InChI is InChI=1S/C17H15NO2/c1-12-3-7-14(8-4-12)16(11-18)20-17(19)15-9-5-13(2)6-10-15/h3-10,16H,1-2H3. The Morgan fingerprint density at radius 3 is 2.00 bits per heavy atom. The number of nitriles is 1. The molecule has 1 atom stereocenters. The minimum Gasteiger partial charge on any atom is -0.438 e. The van der Waals surface area contributed by atoms with Crippen LogP contribution in [-0.4, -0.2) is 5.97 Å². The van der Waals surface area contributed by atoms with E-state index in [1.165, 1.54) is 0 Å². The van der Waals surface area contributed by atoms with Gasteiger partial charge in [0.1, 0.15) is 6.07 Å². The summed E-state index contributed by atoms with van der Waals surface area (Å²) in [5, 5.41) is 9.16. The number of ether oxygens (including phenoxy) is 1. The molecule has 0 aromatic heterocycles. The quantitative estimate of drug-likeness (QED) is 0.794. The third-order valence-electron chi connectivity index (χ3n) is 3.01. The fourth-order valence-corrected chi connectivity index (χ4v) is 1.77. The predicted octanol–water partition coefficient (Wildman–Crippen LogP) is 3.73. The molecule has 0 spiro atoms. The van der Waals surface area contributed by atoms with Gasteiger partial charge in [-0.05, 0) is 26.0 Å². The Bertz CT molecular complexity index is 636. The van der Waals surface area contributed by atoms with Crippen molar-refractivity contribution in [1.29, 1.82) is 5.26 Å². The van der Waals surface area contributed by atoms with Gasteiger partial charge in [0.2, 0.25) is 6.10 Å². The smallest absolute Gasteiger partial charge is 0.339 e. The number of benzene rings is 2. The van der Waals surface area contributed by atoms with Crippen molar-refractivity contribution in [1.82, 2.24) is 0 Å². The van der Waals surface area contributed by atoms with E-state index in [-0.39, 0.29) is 0 Å². The first-order chi connectivity index (χ1) is 9.60. The summed E-state index contributed by atoms with van der Waals surface area (Å²) in [4.78, 5) is 12.0. The summed E-state index contributed by atoms with van der Waals surface area (Å²) in [6, 6.07) is 16.4. The van der Waals surface area contributed by atoms with Crippen LogP contribution in [0.15, 0.2) is 48.5 Å². The summed E-state index contributed by atoms with van der Waals surface area (Å²) in [6.07, 6.45) is -0.885. The second kappa shape index (κ2) is 6.03. The van der Waals surface area contributed by atoms with Crippen LogP contribution in [0.2, 0.25) is 0 Å². The summed E-state index contributed by atoms with van der Waals surface area (Å²) in [5.74, 6) is -0.489. The van der Waals surface area contributed by atoms with E-state index in [0.29, 0.717) is 11.1 Å². The molecule has 3 heteroatoms. The first-order valence-electron chi connectivity index (χ1n) is 6.34.